The minimum Gasteiger partial charge on any atom is -0.342 e. The molecule has 28 heavy (non-hydrogen) atoms. The topological polar surface area (TPSA) is 89.9 Å². The Balaban J connectivity index is 1.37. The maximum Gasteiger partial charge on any atom is 0.257 e. The van der Waals surface area contributed by atoms with Crippen molar-refractivity contribution in [1.29, 1.82) is 0 Å². The Morgan fingerprint density at radius 1 is 1.25 bits per heavy atom. The van der Waals surface area contributed by atoms with Crippen LogP contribution in [0.15, 0.2) is 29.0 Å². The largest absolute Gasteiger partial charge is 0.342 e. The van der Waals surface area contributed by atoms with Crippen LogP contribution in [0.4, 0.5) is 0 Å². The first kappa shape index (κ1) is 18.9. The molecule has 4 rings (SSSR count). The van der Waals surface area contributed by atoms with Crippen LogP contribution in [0.1, 0.15) is 30.4 Å². The third-order valence-electron chi connectivity index (χ3n) is 4.94. The van der Waals surface area contributed by atoms with Crippen LogP contribution in [-0.4, -0.2) is 48.8 Å². The molecule has 0 unspecified atom stereocenters. The smallest absolute Gasteiger partial charge is 0.257 e. The number of piperidine rings is 1. The van der Waals surface area contributed by atoms with Gasteiger partial charge in [0, 0.05) is 31.6 Å². The van der Waals surface area contributed by atoms with Crippen LogP contribution in [0.2, 0.25) is 10.0 Å². The third-order valence-corrected chi connectivity index (χ3v) is 5.67. The Kier molecular flexibility index (Phi) is 5.32. The average molecular weight is 421 g/mol. The molecule has 1 aromatic carbocycles. The van der Waals surface area contributed by atoms with Crippen molar-refractivity contribution in [2.24, 2.45) is 7.05 Å². The summed E-state index contributed by atoms with van der Waals surface area (Å²) in [7, 11) is 1.78. The molecule has 0 spiro atoms. The van der Waals surface area contributed by atoms with Crippen molar-refractivity contribution in [3.63, 3.8) is 0 Å². The molecule has 0 bridgehead atoms. The summed E-state index contributed by atoms with van der Waals surface area (Å²) in [5.74, 6) is 1.94. The molecule has 0 radical (unpaired) electrons. The van der Waals surface area contributed by atoms with Gasteiger partial charge in [-0.05, 0) is 31.0 Å². The summed E-state index contributed by atoms with van der Waals surface area (Å²) in [6.45, 7) is 1.30. The zero-order valence-corrected chi connectivity index (χ0v) is 16.7. The van der Waals surface area contributed by atoms with E-state index in [0.717, 1.165) is 18.4 Å². The number of carbonyl (C=O) groups is 1. The minimum atomic E-state index is 0.0548. The zero-order valence-electron chi connectivity index (χ0n) is 15.2. The van der Waals surface area contributed by atoms with Crippen LogP contribution in [0.25, 0.3) is 11.5 Å². The van der Waals surface area contributed by atoms with Gasteiger partial charge in [0.25, 0.3) is 5.89 Å². The molecule has 10 heteroatoms. The highest BCUT2D eigenvalue weighted by atomic mass is 35.5. The second kappa shape index (κ2) is 7.89. The van der Waals surface area contributed by atoms with Crippen molar-refractivity contribution in [2.45, 2.75) is 25.2 Å². The van der Waals surface area contributed by atoms with Gasteiger partial charge in [-0.25, -0.2) is 4.98 Å². The van der Waals surface area contributed by atoms with E-state index < -0.39 is 0 Å². The first-order valence-electron chi connectivity index (χ1n) is 8.91. The van der Waals surface area contributed by atoms with Gasteiger partial charge >= 0.3 is 0 Å². The lowest BCUT2D eigenvalue weighted by Gasteiger charge is -2.30. The predicted octanol–water partition coefficient (Wildman–Crippen LogP) is 3.12. The Morgan fingerprint density at radius 3 is 2.71 bits per heavy atom. The van der Waals surface area contributed by atoms with E-state index in [2.05, 4.69) is 20.2 Å². The number of halogens is 2. The lowest BCUT2D eigenvalue weighted by Crippen LogP contribution is -2.39. The van der Waals surface area contributed by atoms with E-state index in [4.69, 9.17) is 27.7 Å². The second-order valence-corrected chi connectivity index (χ2v) is 7.53. The van der Waals surface area contributed by atoms with Gasteiger partial charge in [0.05, 0.1) is 16.5 Å². The lowest BCUT2D eigenvalue weighted by atomic mass is 9.96. The minimum absolute atomic E-state index is 0.0548. The van der Waals surface area contributed by atoms with E-state index >= 15 is 0 Å². The SMILES string of the molecule is Cn1ncnc1CC(=O)N1CCC(c2noc(-c3ccc(Cl)c(Cl)c3)n2)CC1. The van der Waals surface area contributed by atoms with E-state index in [1.807, 2.05) is 4.90 Å². The molecule has 2 aromatic heterocycles. The molecular weight excluding hydrogens is 403 g/mol. The Hall–Kier alpha value is -2.45. The van der Waals surface area contributed by atoms with Crippen LogP contribution in [-0.2, 0) is 18.3 Å². The number of nitrogens with zero attached hydrogens (tertiary/aromatic N) is 6. The number of likely N-dealkylation sites (tertiary alicyclic amines) is 1. The standard InChI is InChI=1S/C18H18Cl2N6O2/c1-25-15(21-10-22-25)9-16(27)26-6-4-11(5-7-26)17-23-18(28-24-17)12-2-3-13(19)14(20)8-12/h2-3,8,10-11H,4-7,9H2,1H3. The third kappa shape index (κ3) is 3.88. The Bertz CT molecular complexity index is 994. The molecule has 0 aliphatic carbocycles. The van der Waals surface area contributed by atoms with Gasteiger partial charge in [0.15, 0.2) is 5.82 Å². The van der Waals surface area contributed by atoms with Gasteiger partial charge in [-0.1, -0.05) is 28.4 Å². The van der Waals surface area contributed by atoms with E-state index in [9.17, 15) is 4.79 Å². The average Bonchev–Trinajstić information content (AvgIpc) is 3.34. The maximum absolute atomic E-state index is 12.5. The predicted molar refractivity (Wildman–Crippen MR) is 103 cm³/mol. The van der Waals surface area contributed by atoms with Crippen molar-refractivity contribution >= 4 is 29.1 Å². The monoisotopic (exact) mass is 420 g/mol. The number of aromatic nitrogens is 5. The summed E-state index contributed by atoms with van der Waals surface area (Å²) < 4.78 is 7.01. The molecule has 146 valence electrons. The number of hydrogen-bond acceptors (Lipinski definition) is 6. The van der Waals surface area contributed by atoms with Crippen LogP contribution in [0.3, 0.4) is 0 Å². The molecule has 1 saturated heterocycles. The van der Waals surface area contributed by atoms with E-state index in [0.29, 0.717) is 40.7 Å². The molecular formula is C18H18Cl2N6O2. The Labute approximate surface area is 171 Å². The number of carbonyl (C=O) groups excluding carboxylic acids is 1. The molecule has 1 aliphatic heterocycles. The maximum atomic E-state index is 12.5. The highest BCUT2D eigenvalue weighted by Gasteiger charge is 2.27. The number of amides is 1. The Morgan fingerprint density at radius 2 is 2.04 bits per heavy atom. The fourth-order valence-electron chi connectivity index (χ4n) is 3.26. The molecule has 1 amide bonds. The molecule has 0 N–H and O–H groups in total. The van der Waals surface area contributed by atoms with Crippen LogP contribution < -0.4 is 0 Å². The summed E-state index contributed by atoms with van der Waals surface area (Å²) >= 11 is 12.0. The fraction of sp³-hybridized carbons (Fsp3) is 0.389. The van der Waals surface area contributed by atoms with Crippen molar-refractivity contribution < 1.29 is 9.32 Å². The number of hydrogen-bond donors (Lipinski definition) is 0. The quantitative estimate of drug-likeness (QED) is 0.643. The van der Waals surface area contributed by atoms with Gasteiger partial charge in [0.1, 0.15) is 12.2 Å². The van der Waals surface area contributed by atoms with Crippen molar-refractivity contribution in [3.05, 3.63) is 46.2 Å². The molecule has 0 atom stereocenters. The molecule has 1 aliphatic rings. The normalized spacial score (nSPS) is 15.2. The highest BCUT2D eigenvalue weighted by molar-refractivity contribution is 6.42. The van der Waals surface area contributed by atoms with Crippen LogP contribution >= 0.6 is 23.2 Å². The van der Waals surface area contributed by atoms with E-state index in [1.165, 1.54) is 6.33 Å². The van der Waals surface area contributed by atoms with E-state index in [1.54, 1.807) is 29.9 Å². The first-order chi connectivity index (χ1) is 13.5. The summed E-state index contributed by atoms with van der Waals surface area (Å²) in [6.07, 6.45) is 3.27. The number of rotatable bonds is 4. The van der Waals surface area contributed by atoms with Gasteiger partial charge in [-0.3, -0.25) is 9.48 Å². The number of benzene rings is 1. The molecule has 0 saturated carbocycles. The van der Waals surface area contributed by atoms with Gasteiger partial charge in [0.2, 0.25) is 5.91 Å². The van der Waals surface area contributed by atoms with Gasteiger partial charge in [-0.15, -0.1) is 0 Å². The number of aryl methyl sites for hydroxylation is 1. The molecule has 1 fully saturated rings. The molecule has 8 nitrogen and oxygen atoms in total. The van der Waals surface area contributed by atoms with E-state index in [-0.39, 0.29) is 18.2 Å². The molecule has 3 heterocycles. The van der Waals surface area contributed by atoms with Crippen molar-refractivity contribution in [3.8, 4) is 11.5 Å². The van der Waals surface area contributed by atoms with Crippen LogP contribution in [0, 0.1) is 0 Å². The summed E-state index contributed by atoms with van der Waals surface area (Å²) in [5.41, 5.74) is 0.726. The summed E-state index contributed by atoms with van der Waals surface area (Å²) in [5, 5.41) is 9.03. The highest BCUT2D eigenvalue weighted by Crippen LogP contribution is 2.31. The fourth-order valence-corrected chi connectivity index (χ4v) is 3.56. The van der Waals surface area contributed by atoms with Gasteiger partial charge < -0.3 is 9.42 Å². The van der Waals surface area contributed by atoms with Crippen molar-refractivity contribution in [2.75, 3.05) is 13.1 Å². The van der Waals surface area contributed by atoms with Gasteiger partial charge in [-0.2, -0.15) is 10.1 Å². The first-order valence-corrected chi connectivity index (χ1v) is 9.66. The summed E-state index contributed by atoms with van der Waals surface area (Å²) in [4.78, 5) is 23.0. The molecule has 3 aromatic rings. The zero-order chi connectivity index (χ0) is 19.7. The lowest BCUT2D eigenvalue weighted by molar-refractivity contribution is -0.131. The second-order valence-electron chi connectivity index (χ2n) is 6.72. The summed E-state index contributed by atoms with van der Waals surface area (Å²) in [6, 6.07) is 5.19. The van der Waals surface area contributed by atoms with Crippen LogP contribution in [0.5, 0.6) is 0 Å². The van der Waals surface area contributed by atoms with Crippen molar-refractivity contribution in [1.82, 2.24) is 29.8 Å².